The summed E-state index contributed by atoms with van der Waals surface area (Å²) in [6.45, 7) is 8.09. The van der Waals surface area contributed by atoms with Crippen LogP contribution in [0.4, 0.5) is 22.4 Å². The zero-order valence-corrected chi connectivity index (χ0v) is 18.9. The molecule has 31 heavy (non-hydrogen) atoms. The Morgan fingerprint density at radius 2 is 2.00 bits per heavy atom. The Labute approximate surface area is 183 Å². The third kappa shape index (κ3) is 5.86. The Morgan fingerprint density at radius 1 is 1.26 bits per heavy atom. The predicted molar refractivity (Wildman–Crippen MR) is 120 cm³/mol. The lowest BCUT2D eigenvalue weighted by atomic mass is 9.96. The van der Waals surface area contributed by atoms with E-state index in [1.165, 1.54) is 18.5 Å². The Balaban J connectivity index is 1.28. The van der Waals surface area contributed by atoms with Crippen LogP contribution in [0.15, 0.2) is 18.3 Å². The van der Waals surface area contributed by atoms with E-state index in [0.29, 0.717) is 18.4 Å². The average Bonchev–Trinajstić information content (AvgIpc) is 3.47. The highest BCUT2D eigenvalue weighted by Gasteiger charge is 2.27. The summed E-state index contributed by atoms with van der Waals surface area (Å²) in [5.74, 6) is 3.34. The lowest BCUT2D eigenvalue weighted by Crippen LogP contribution is -2.41. The van der Waals surface area contributed by atoms with E-state index in [1.807, 2.05) is 33.9 Å². The van der Waals surface area contributed by atoms with Gasteiger partial charge in [0.25, 0.3) is 0 Å². The van der Waals surface area contributed by atoms with Crippen LogP contribution >= 0.6 is 0 Å². The van der Waals surface area contributed by atoms with Crippen molar-refractivity contribution in [1.29, 1.82) is 0 Å². The van der Waals surface area contributed by atoms with E-state index in [4.69, 9.17) is 4.74 Å². The highest BCUT2D eigenvalue weighted by molar-refractivity contribution is 5.67. The normalized spacial score (nSPS) is 17.5. The van der Waals surface area contributed by atoms with Gasteiger partial charge in [0, 0.05) is 50.6 Å². The van der Waals surface area contributed by atoms with Crippen molar-refractivity contribution in [1.82, 2.24) is 25.1 Å². The molecule has 9 heteroatoms. The third-order valence-electron chi connectivity index (χ3n) is 5.65. The first kappa shape index (κ1) is 21.4. The number of nitrogens with one attached hydrogen (secondary N) is 2. The van der Waals surface area contributed by atoms with Crippen molar-refractivity contribution in [2.45, 2.75) is 58.0 Å². The van der Waals surface area contributed by atoms with E-state index >= 15 is 0 Å². The van der Waals surface area contributed by atoms with Gasteiger partial charge in [0.1, 0.15) is 11.4 Å². The van der Waals surface area contributed by atoms with E-state index < -0.39 is 5.60 Å². The number of aromatic nitrogens is 4. The van der Waals surface area contributed by atoms with Crippen LogP contribution in [0.2, 0.25) is 0 Å². The van der Waals surface area contributed by atoms with Crippen molar-refractivity contribution >= 4 is 23.7 Å². The predicted octanol–water partition coefficient (Wildman–Crippen LogP) is 3.90. The molecular formula is C22H33N7O2. The Kier molecular flexibility index (Phi) is 6.02. The number of piperidine rings is 1. The summed E-state index contributed by atoms with van der Waals surface area (Å²) in [5, 5.41) is 10.7. The first-order valence-electron chi connectivity index (χ1n) is 11.1. The second kappa shape index (κ2) is 8.72. The minimum absolute atomic E-state index is 0.264. The molecule has 1 saturated carbocycles. The molecule has 0 spiro atoms. The molecular weight excluding hydrogens is 394 g/mol. The molecule has 1 aliphatic carbocycles. The maximum Gasteiger partial charge on any atom is 0.410 e. The van der Waals surface area contributed by atoms with Crippen molar-refractivity contribution in [3.05, 3.63) is 24.0 Å². The molecule has 4 rings (SSSR count). The van der Waals surface area contributed by atoms with Crippen LogP contribution in [-0.2, 0) is 4.74 Å². The van der Waals surface area contributed by atoms with Gasteiger partial charge in [0.15, 0.2) is 5.82 Å². The van der Waals surface area contributed by atoms with E-state index in [0.717, 1.165) is 43.5 Å². The number of carbonyl (C=O) groups excluding carboxylic acids is 1. The van der Waals surface area contributed by atoms with Crippen molar-refractivity contribution in [3.63, 3.8) is 0 Å². The number of aromatic amines is 1. The van der Waals surface area contributed by atoms with Gasteiger partial charge in [-0.05, 0) is 58.4 Å². The number of hydrogen-bond donors (Lipinski definition) is 2. The van der Waals surface area contributed by atoms with Gasteiger partial charge in [-0.1, -0.05) is 0 Å². The first-order valence-corrected chi connectivity index (χ1v) is 11.1. The SMILES string of the molecule is CN(CC1CCN(c2nccc(Nc3cc(C4CC4)[nH]n3)n2)CC1)C(=O)OC(C)(C)C. The van der Waals surface area contributed by atoms with Gasteiger partial charge in [-0.2, -0.15) is 10.1 Å². The molecule has 1 saturated heterocycles. The molecule has 3 heterocycles. The fraction of sp³-hybridized carbons (Fsp3) is 0.636. The van der Waals surface area contributed by atoms with Gasteiger partial charge in [-0.25, -0.2) is 9.78 Å². The molecule has 168 valence electrons. The number of nitrogens with zero attached hydrogens (tertiary/aromatic N) is 5. The smallest absolute Gasteiger partial charge is 0.410 e. The van der Waals surface area contributed by atoms with E-state index in [-0.39, 0.29) is 6.09 Å². The molecule has 9 nitrogen and oxygen atoms in total. The van der Waals surface area contributed by atoms with E-state index in [1.54, 1.807) is 11.1 Å². The summed E-state index contributed by atoms with van der Waals surface area (Å²) in [5.41, 5.74) is 0.718. The summed E-state index contributed by atoms with van der Waals surface area (Å²) in [7, 11) is 1.81. The Bertz CT molecular complexity index is 895. The third-order valence-corrected chi connectivity index (χ3v) is 5.65. The second-order valence-electron chi connectivity index (χ2n) is 9.64. The minimum Gasteiger partial charge on any atom is -0.444 e. The molecule has 0 aromatic carbocycles. The molecule has 1 amide bonds. The zero-order valence-electron chi connectivity index (χ0n) is 18.9. The molecule has 0 atom stereocenters. The fourth-order valence-electron chi connectivity index (χ4n) is 3.82. The second-order valence-corrected chi connectivity index (χ2v) is 9.64. The summed E-state index contributed by atoms with van der Waals surface area (Å²) < 4.78 is 5.45. The molecule has 2 aliphatic rings. The van der Waals surface area contributed by atoms with Gasteiger partial charge in [0.2, 0.25) is 5.95 Å². The molecule has 2 fully saturated rings. The summed E-state index contributed by atoms with van der Waals surface area (Å²) in [4.78, 5) is 25.2. The highest BCUT2D eigenvalue weighted by Crippen LogP contribution is 2.39. The van der Waals surface area contributed by atoms with Crippen LogP contribution in [-0.4, -0.2) is 63.4 Å². The number of ether oxygens (including phenoxy) is 1. The molecule has 1 aliphatic heterocycles. The van der Waals surface area contributed by atoms with Crippen LogP contribution < -0.4 is 10.2 Å². The van der Waals surface area contributed by atoms with Crippen molar-refractivity contribution in [2.24, 2.45) is 5.92 Å². The van der Waals surface area contributed by atoms with Crippen LogP contribution in [0.5, 0.6) is 0 Å². The lowest BCUT2D eigenvalue weighted by Gasteiger charge is -2.34. The van der Waals surface area contributed by atoms with Crippen molar-refractivity contribution in [2.75, 3.05) is 36.9 Å². The summed E-state index contributed by atoms with van der Waals surface area (Å²) in [6.07, 6.45) is 5.96. The molecule has 2 aromatic rings. The summed E-state index contributed by atoms with van der Waals surface area (Å²) in [6, 6.07) is 3.92. The topological polar surface area (TPSA) is 99.3 Å². The van der Waals surface area contributed by atoms with Crippen LogP contribution in [0, 0.1) is 5.92 Å². The standard InChI is InChI=1S/C22H33N7O2/c1-22(2,3)31-21(30)28(4)14-15-8-11-29(12-9-15)20-23-10-7-18(25-20)24-19-13-17(26-27-19)16-5-6-16/h7,10,13,15-16H,5-6,8-9,11-12,14H2,1-4H3,(H2,23,24,25,26,27). The number of amides is 1. The number of hydrogen-bond acceptors (Lipinski definition) is 7. The maximum absolute atomic E-state index is 12.2. The van der Waals surface area contributed by atoms with Crippen molar-refractivity contribution in [3.8, 4) is 0 Å². The minimum atomic E-state index is -0.472. The highest BCUT2D eigenvalue weighted by atomic mass is 16.6. The number of carbonyl (C=O) groups is 1. The monoisotopic (exact) mass is 427 g/mol. The number of rotatable bonds is 6. The van der Waals surface area contributed by atoms with Gasteiger partial charge in [-0.15, -0.1) is 0 Å². The van der Waals surface area contributed by atoms with Crippen LogP contribution in [0.25, 0.3) is 0 Å². The lowest BCUT2D eigenvalue weighted by molar-refractivity contribution is 0.0266. The number of anilines is 3. The van der Waals surface area contributed by atoms with Gasteiger partial charge in [-0.3, -0.25) is 5.10 Å². The van der Waals surface area contributed by atoms with Crippen LogP contribution in [0.3, 0.4) is 0 Å². The Hall–Kier alpha value is -2.84. The fourth-order valence-corrected chi connectivity index (χ4v) is 3.82. The molecule has 0 bridgehead atoms. The molecule has 0 radical (unpaired) electrons. The van der Waals surface area contributed by atoms with Gasteiger partial charge in [0.05, 0.1) is 0 Å². The quantitative estimate of drug-likeness (QED) is 0.721. The zero-order chi connectivity index (χ0) is 22.0. The van der Waals surface area contributed by atoms with Crippen molar-refractivity contribution < 1.29 is 9.53 Å². The van der Waals surface area contributed by atoms with Gasteiger partial charge >= 0.3 is 6.09 Å². The molecule has 2 N–H and O–H groups in total. The van der Waals surface area contributed by atoms with Gasteiger partial charge < -0.3 is 19.9 Å². The largest absolute Gasteiger partial charge is 0.444 e. The molecule has 2 aromatic heterocycles. The summed E-state index contributed by atoms with van der Waals surface area (Å²) >= 11 is 0. The van der Waals surface area contributed by atoms with E-state index in [9.17, 15) is 4.79 Å². The molecule has 0 unspecified atom stereocenters. The number of H-pyrrole nitrogens is 1. The first-order chi connectivity index (χ1) is 14.8. The maximum atomic E-state index is 12.2. The van der Waals surface area contributed by atoms with Crippen LogP contribution in [0.1, 0.15) is 58.1 Å². The van der Waals surface area contributed by atoms with E-state index in [2.05, 4.69) is 36.4 Å². The average molecular weight is 428 g/mol. The Morgan fingerprint density at radius 3 is 2.68 bits per heavy atom.